The molecule has 2 nitrogen and oxygen atoms in total. The molecule has 0 saturated heterocycles. The third-order valence-electron chi connectivity index (χ3n) is 2.86. The first-order valence-corrected chi connectivity index (χ1v) is 7.16. The molecule has 0 saturated carbocycles. The van der Waals surface area contributed by atoms with E-state index in [0.717, 1.165) is 22.0 Å². The zero-order valence-electron chi connectivity index (χ0n) is 10.2. The number of alkyl halides is 1. The summed E-state index contributed by atoms with van der Waals surface area (Å²) in [6.45, 7) is 0. The van der Waals surface area contributed by atoms with Gasteiger partial charge in [0.25, 0.3) is 0 Å². The average molecular weight is 314 g/mol. The smallest absolute Gasteiger partial charge is 0.220 e. The normalized spacial score (nSPS) is 11.4. The minimum Gasteiger partial charge on any atom is -0.437 e. The molecule has 3 aromatic rings. The lowest BCUT2D eigenvalue weighted by Crippen LogP contribution is -1.77. The predicted octanol–water partition coefficient (Wildman–Crippen LogP) is 4.89. The molecule has 0 amide bonds. The molecule has 0 aliphatic heterocycles. The Labute approximate surface area is 119 Å². The molecule has 1 heterocycles. The van der Waals surface area contributed by atoms with Crippen molar-refractivity contribution in [2.75, 3.05) is 0 Å². The molecule has 0 aliphatic rings. The first-order valence-electron chi connectivity index (χ1n) is 6.04. The lowest BCUT2D eigenvalue weighted by atomic mass is 10.1. The summed E-state index contributed by atoms with van der Waals surface area (Å²) < 4.78 is 5.63. The first kappa shape index (κ1) is 12.2. The Morgan fingerprint density at radius 2 is 1.79 bits per heavy atom. The van der Waals surface area contributed by atoms with Gasteiger partial charge in [-0.2, -0.15) is 0 Å². The largest absolute Gasteiger partial charge is 0.437 e. The summed E-state index contributed by atoms with van der Waals surface area (Å²) in [5.74, 6) is 0.630. The molecule has 0 aliphatic carbocycles. The first-order chi connectivity index (χ1) is 9.35. The summed E-state index contributed by atoms with van der Waals surface area (Å²) in [4.78, 5) is 4.40. The van der Waals surface area contributed by atoms with Crippen molar-refractivity contribution in [3.05, 3.63) is 65.5 Å². The minimum absolute atomic E-state index is 0.630. The van der Waals surface area contributed by atoms with Gasteiger partial charge in [0.1, 0.15) is 5.52 Å². The molecule has 0 N–H and O–H groups in total. The molecule has 0 atom stereocenters. The molecule has 94 valence electrons. The zero-order chi connectivity index (χ0) is 13.1. The average Bonchev–Trinajstić information content (AvgIpc) is 2.88. The van der Waals surface area contributed by atoms with Crippen LogP contribution in [-0.2, 0) is 5.33 Å². The highest BCUT2D eigenvalue weighted by Crippen LogP contribution is 2.17. The molecule has 3 heteroatoms. The van der Waals surface area contributed by atoms with Crippen LogP contribution in [0.25, 0.3) is 23.3 Å². The highest BCUT2D eigenvalue weighted by atomic mass is 79.9. The maximum Gasteiger partial charge on any atom is 0.220 e. The van der Waals surface area contributed by atoms with Crippen molar-refractivity contribution in [1.82, 2.24) is 4.98 Å². The Morgan fingerprint density at radius 1 is 1.00 bits per heavy atom. The third kappa shape index (κ3) is 2.76. The number of oxazole rings is 1. The van der Waals surface area contributed by atoms with E-state index in [1.165, 1.54) is 5.56 Å². The number of benzene rings is 2. The molecule has 0 radical (unpaired) electrons. The van der Waals surface area contributed by atoms with Gasteiger partial charge in [-0.05, 0) is 29.3 Å². The second-order valence-electron chi connectivity index (χ2n) is 4.23. The molecule has 0 fully saturated rings. The van der Waals surface area contributed by atoms with Crippen molar-refractivity contribution >= 4 is 39.2 Å². The van der Waals surface area contributed by atoms with E-state index in [-0.39, 0.29) is 0 Å². The Morgan fingerprint density at radius 3 is 2.53 bits per heavy atom. The van der Waals surface area contributed by atoms with Crippen LogP contribution in [0.5, 0.6) is 0 Å². The minimum atomic E-state index is 0.630. The van der Waals surface area contributed by atoms with Crippen molar-refractivity contribution in [3.8, 4) is 0 Å². The van der Waals surface area contributed by atoms with E-state index >= 15 is 0 Å². The Hall–Kier alpha value is -1.87. The van der Waals surface area contributed by atoms with Gasteiger partial charge >= 0.3 is 0 Å². The number of para-hydroxylation sites is 2. The zero-order valence-corrected chi connectivity index (χ0v) is 11.8. The molecule has 0 spiro atoms. The number of fused-ring (bicyclic) bond motifs is 1. The highest BCUT2D eigenvalue weighted by molar-refractivity contribution is 9.08. The number of halogens is 1. The number of hydrogen-bond acceptors (Lipinski definition) is 2. The summed E-state index contributed by atoms with van der Waals surface area (Å²) in [6, 6.07) is 16.1. The molecule has 19 heavy (non-hydrogen) atoms. The van der Waals surface area contributed by atoms with Crippen LogP contribution in [0.3, 0.4) is 0 Å². The van der Waals surface area contributed by atoms with Crippen LogP contribution in [0, 0.1) is 0 Å². The maximum absolute atomic E-state index is 5.63. The van der Waals surface area contributed by atoms with E-state index in [0.29, 0.717) is 5.89 Å². The van der Waals surface area contributed by atoms with E-state index in [4.69, 9.17) is 4.42 Å². The molecule has 2 aromatic carbocycles. The van der Waals surface area contributed by atoms with Gasteiger partial charge in [0, 0.05) is 11.4 Å². The number of rotatable bonds is 3. The van der Waals surface area contributed by atoms with Gasteiger partial charge in [0.05, 0.1) is 0 Å². The van der Waals surface area contributed by atoms with Crippen LogP contribution >= 0.6 is 15.9 Å². The van der Waals surface area contributed by atoms with Gasteiger partial charge in [-0.15, -0.1) is 0 Å². The predicted molar refractivity (Wildman–Crippen MR) is 82.0 cm³/mol. The van der Waals surface area contributed by atoms with Gasteiger partial charge < -0.3 is 4.42 Å². The van der Waals surface area contributed by atoms with Gasteiger partial charge in [0.15, 0.2) is 5.58 Å². The van der Waals surface area contributed by atoms with Crippen molar-refractivity contribution in [3.63, 3.8) is 0 Å². The van der Waals surface area contributed by atoms with Crippen LogP contribution < -0.4 is 0 Å². The molecule has 3 rings (SSSR count). The van der Waals surface area contributed by atoms with Crippen LogP contribution in [0.1, 0.15) is 17.0 Å². The van der Waals surface area contributed by atoms with Gasteiger partial charge in [-0.25, -0.2) is 4.98 Å². The number of aromatic nitrogens is 1. The quantitative estimate of drug-likeness (QED) is 0.643. The van der Waals surface area contributed by atoms with Crippen molar-refractivity contribution < 1.29 is 4.42 Å². The highest BCUT2D eigenvalue weighted by Gasteiger charge is 2.00. The topological polar surface area (TPSA) is 26.0 Å². The van der Waals surface area contributed by atoms with Crippen LogP contribution in [0.4, 0.5) is 0 Å². The molecule has 0 bridgehead atoms. The second kappa shape index (κ2) is 5.41. The van der Waals surface area contributed by atoms with E-state index in [1.54, 1.807) is 0 Å². The van der Waals surface area contributed by atoms with Crippen molar-refractivity contribution in [2.24, 2.45) is 0 Å². The van der Waals surface area contributed by atoms with Crippen LogP contribution in [-0.4, -0.2) is 4.98 Å². The second-order valence-corrected chi connectivity index (χ2v) is 4.79. The van der Waals surface area contributed by atoms with Gasteiger partial charge in [0.2, 0.25) is 5.89 Å². The number of nitrogens with zero attached hydrogens (tertiary/aromatic N) is 1. The van der Waals surface area contributed by atoms with E-state index in [9.17, 15) is 0 Å². The monoisotopic (exact) mass is 313 g/mol. The fourth-order valence-corrected chi connectivity index (χ4v) is 2.22. The molecule has 1 aromatic heterocycles. The summed E-state index contributed by atoms with van der Waals surface area (Å²) in [6.07, 6.45) is 3.89. The molecular weight excluding hydrogens is 302 g/mol. The van der Waals surface area contributed by atoms with Crippen molar-refractivity contribution in [1.29, 1.82) is 0 Å². The number of hydrogen-bond donors (Lipinski definition) is 0. The summed E-state index contributed by atoms with van der Waals surface area (Å²) in [5, 5.41) is 0.877. The van der Waals surface area contributed by atoms with Crippen molar-refractivity contribution in [2.45, 2.75) is 5.33 Å². The SMILES string of the molecule is BrCc1ccc(/C=C/c2nc3ccccc3o2)cc1. The summed E-state index contributed by atoms with van der Waals surface area (Å²) in [7, 11) is 0. The lowest BCUT2D eigenvalue weighted by Gasteiger charge is -1.95. The van der Waals surface area contributed by atoms with E-state index in [2.05, 4.69) is 45.2 Å². The molecular formula is C16H12BrNO. The molecule has 0 unspecified atom stereocenters. The van der Waals surface area contributed by atoms with Crippen LogP contribution in [0.15, 0.2) is 52.9 Å². The standard InChI is InChI=1S/C16H12BrNO/c17-11-13-7-5-12(6-8-13)9-10-16-18-14-3-1-2-4-15(14)19-16/h1-10H,11H2/b10-9+. The van der Waals surface area contributed by atoms with Crippen LogP contribution in [0.2, 0.25) is 0 Å². The van der Waals surface area contributed by atoms with Gasteiger partial charge in [-0.1, -0.05) is 52.3 Å². The lowest BCUT2D eigenvalue weighted by molar-refractivity contribution is 0.590. The summed E-state index contributed by atoms with van der Waals surface area (Å²) >= 11 is 3.43. The van der Waals surface area contributed by atoms with E-state index < -0.39 is 0 Å². The fraction of sp³-hybridized carbons (Fsp3) is 0.0625. The Kier molecular flexibility index (Phi) is 3.47. The Bertz CT molecular complexity index is 680. The van der Waals surface area contributed by atoms with Gasteiger partial charge in [-0.3, -0.25) is 0 Å². The summed E-state index contributed by atoms with van der Waals surface area (Å²) in [5.41, 5.74) is 4.10. The third-order valence-corrected chi connectivity index (χ3v) is 3.51. The van der Waals surface area contributed by atoms with E-state index in [1.807, 2.05) is 36.4 Å². The fourth-order valence-electron chi connectivity index (χ4n) is 1.85. The Balaban J connectivity index is 1.84. The maximum atomic E-state index is 5.63.